The van der Waals surface area contributed by atoms with Gasteiger partial charge in [0.2, 0.25) is 0 Å². The highest BCUT2D eigenvalue weighted by Crippen LogP contribution is 2.12. The Morgan fingerprint density at radius 2 is 2.18 bits per heavy atom. The molecule has 0 saturated carbocycles. The first kappa shape index (κ1) is 12.3. The number of hydrogen-bond donors (Lipinski definition) is 1. The standard InChI is InChI=1S/C13H21N3O/c1-2-5-14-10-12-3-4-13(15-11-12)16-6-8-17-9-7-16/h3-4,11,14H,2,5-10H2,1H3. The summed E-state index contributed by atoms with van der Waals surface area (Å²) in [5.41, 5.74) is 1.25. The summed E-state index contributed by atoms with van der Waals surface area (Å²) in [6.07, 6.45) is 3.13. The van der Waals surface area contributed by atoms with Gasteiger partial charge in [0.25, 0.3) is 0 Å². The normalized spacial score (nSPS) is 16.2. The van der Waals surface area contributed by atoms with Crippen LogP contribution in [-0.4, -0.2) is 37.8 Å². The van der Waals surface area contributed by atoms with Crippen molar-refractivity contribution in [1.82, 2.24) is 10.3 Å². The maximum absolute atomic E-state index is 5.33. The van der Waals surface area contributed by atoms with Gasteiger partial charge >= 0.3 is 0 Å². The van der Waals surface area contributed by atoms with E-state index in [9.17, 15) is 0 Å². The number of morpholine rings is 1. The Balaban J connectivity index is 1.88. The van der Waals surface area contributed by atoms with Crippen molar-refractivity contribution in [3.05, 3.63) is 23.9 Å². The van der Waals surface area contributed by atoms with Crippen molar-refractivity contribution in [2.45, 2.75) is 19.9 Å². The smallest absolute Gasteiger partial charge is 0.128 e. The molecule has 4 nitrogen and oxygen atoms in total. The Morgan fingerprint density at radius 3 is 2.82 bits per heavy atom. The van der Waals surface area contributed by atoms with Gasteiger partial charge in [-0.15, -0.1) is 0 Å². The van der Waals surface area contributed by atoms with E-state index in [0.29, 0.717) is 0 Å². The van der Waals surface area contributed by atoms with Gasteiger partial charge in [-0.25, -0.2) is 4.98 Å². The number of hydrogen-bond acceptors (Lipinski definition) is 4. The van der Waals surface area contributed by atoms with E-state index in [1.807, 2.05) is 6.20 Å². The molecule has 2 rings (SSSR count). The van der Waals surface area contributed by atoms with Crippen molar-refractivity contribution < 1.29 is 4.74 Å². The van der Waals surface area contributed by atoms with E-state index < -0.39 is 0 Å². The van der Waals surface area contributed by atoms with E-state index in [2.05, 4.69) is 34.3 Å². The summed E-state index contributed by atoms with van der Waals surface area (Å²) in [6.45, 7) is 7.64. The third kappa shape index (κ3) is 3.68. The second-order valence-corrected chi connectivity index (χ2v) is 4.30. The van der Waals surface area contributed by atoms with Crippen LogP contribution in [0.4, 0.5) is 5.82 Å². The molecule has 1 saturated heterocycles. The maximum atomic E-state index is 5.33. The van der Waals surface area contributed by atoms with Gasteiger partial charge in [0.05, 0.1) is 13.2 Å². The maximum Gasteiger partial charge on any atom is 0.128 e. The zero-order valence-electron chi connectivity index (χ0n) is 10.5. The molecule has 1 aromatic rings. The molecule has 0 bridgehead atoms. The molecule has 94 valence electrons. The molecule has 1 aliphatic rings. The lowest BCUT2D eigenvalue weighted by Crippen LogP contribution is -2.36. The highest BCUT2D eigenvalue weighted by Gasteiger charge is 2.11. The van der Waals surface area contributed by atoms with Gasteiger partial charge in [-0.3, -0.25) is 0 Å². The van der Waals surface area contributed by atoms with Gasteiger partial charge in [-0.05, 0) is 24.6 Å². The van der Waals surface area contributed by atoms with Gasteiger partial charge < -0.3 is 15.0 Å². The Kier molecular flexibility index (Phi) is 4.76. The molecule has 0 radical (unpaired) electrons. The fraction of sp³-hybridized carbons (Fsp3) is 0.615. The summed E-state index contributed by atoms with van der Waals surface area (Å²) in [6, 6.07) is 4.26. The van der Waals surface area contributed by atoms with Crippen LogP contribution in [0.2, 0.25) is 0 Å². The number of aromatic nitrogens is 1. The predicted octanol–water partition coefficient (Wildman–Crippen LogP) is 1.42. The van der Waals surface area contributed by atoms with Crippen LogP contribution in [-0.2, 0) is 11.3 Å². The number of pyridine rings is 1. The Bertz CT molecular complexity index is 320. The lowest BCUT2D eigenvalue weighted by Gasteiger charge is -2.27. The van der Waals surface area contributed by atoms with E-state index in [-0.39, 0.29) is 0 Å². The van der Waals surface area contributed by atoms with E-state index in [0.717, 1.165) is 45.2 Å². The molecule has 1 aliphatic heterocycles. The SMILES string of the molecule is CCCNCc1ccc(N2CCOCC2)nc1. The quantitative estimate of drug-likeness (QED) is 0.783. The molecule has 0 aromatic carbocycles. The largest absolute Gasteiger partial charge is 0.378 e. The molecule has 0 aliphatic carbocycles. The number of ether oxygens (including phenoxy) is 1. The van der Waals surface area contributed by atoms with Crippen molar-refractivity contribution in [2.75, 3.05) is 37.7 Å². The fourth-order valence-electron chi connectivity index (χ4n) is 1.91. The molecule has 1 aromatic heterocycles. The third-order valence-electron chi connectivity index (χ3n) is 2.90. The average Bonchev–Trinajstić information content (AvgIpc) is 2.41. The summed E-state index contributed by atoms with van der Waals surface area (Å²) in [5, 5.41) is 3.38. The van der Waals surface area contributed by atoms with Crippen LogP contribution in [0.1, 0.15) is 18.9 Å². The minimum absolute atomic E-state index is 0.807. The fourth-order valence-corrected chi connectivity index (χ4v) is 1.91. The Labute approximate surface area is 103 Å². The van der Waals surface area contributed by atoms with E-state index in [1.54, 1.807) is 0 Å². The average molecular weight is 235 g/mol. The summed E-state index contributed by atoms with van der Waals surface area (Å²) in [7, 11) is 0. The van der Waals surface area contributed by atoms with Crippen LogP contribution in [0.15, 0.2) is 18.3 Å². The summed E-state index contributed by atoms with van der Waals surface area (Å²) >= 11 is 0. The first-order valence-electron chi connectivity index (χ1n) is 6.38. The molecule has 2 heterocycles. The summed E-state index contributed by atoms with van der Waals surface area (Å²) < 4.78 is 5.33. The lowest BCUT2D eigenvalue weighted by atomic mass is 10.2. The molecular formula is C13H21N3O. The van der Waals surface area contributed by atoms with Crippen LogP contribution in [0, 0.1) is 0 Å². The van der Waals surface area contributed by atoms with E-state index in [4.69, 9.17) is 4.74 Å². The van der Waals surface area contributed by atoms with E-state index >= 15 is 0 Å². The Hall–Kier alpha value is -1.13. The number of anilines is 1. The minimum atomic E-state index is 0.807. The van der Waals surface area contributed by atoms with Crippen LogP contribution < -0.4 is 10.2 Å². The van der Waals surface area contributed by atoms with Crippen molar-refractivity contribution in [3.63, 3.8) is 0 Å². The first-order chi connectivity index (χ1) is 8.40. The molecular weight excluding hydrogens is 214 g/mol. The molecule has 4 heteroatoms. The second-order valence-electron chi connectivity index (χ2n) is 4.30. The lowest BCUT2D eigenvalue weighted by molar-refractivity contribution is 0.122. The first-order valence-corrected chi connectivity index (χ1v) is 6.38. The van der Waals surface area contributed by atoms with Gasteiger partial charge in [0, 0.05) is 25.8 Å². The van der Waals surface area contributed by atoms with Crippen molar-refractivity contribution in [3.8, 4) is 0 Å². The molecule has 1 fully saturated rings. The van der Waals surface area contributed by atoms with Crippen molar-refractivity contribution in [1.29, 1.82) is 0 Å². The molecule has 0 amide bonds. The molecule has 0 spiro atoms. The number of rotatable bonds is 5. The zero-order chi connectivity index (χ0) is 11.9. The van der Waals surface area contributed by atoms with Crippen LogP contribution in [0.5, 0.6) is 0 Å². The molecule has 0 unspecified atom stereocenters. The predicted molar refractivity (Wildman–Crippen MR) is 69.3 cm³/mol. The van der Waals surface area contributed by atoms with Crippen LogP contribution in [0.3, 0.4) is 0 Å². The van der Waals surface area contributed by atoms with Gasteiger partial charge in [0.15, 0.2) is 0 Å². The van der Waals surface area contributed by atoms with Crippen molar-refractivity contribution in [2.24, 2.45) is 0 Å². The van der Waals surface area contributed by atoms with Gasteiger partial charge in [-0.2, -0.15) is 0 Å². The van der Waals surface area contributed by atoms with Crippen molar-refractivity contribution >= 4 is 5.82 Å². The minimum Gasteiger partial charge on any atom is -0.378 e. The van der Waals surface area contributed by atoms with Crippen LogP contribution >= 0.6 is 0 Å². The Morgan fingerprint density at radius 1 is 1.35 bits per heavy atom. The second kappa shape index (κ2) is 6.57. The number of nitrogens with zero attached hydrogens (tertiary/aromatic N) is 2. The molecule has 1 N–H and O–H groups in total. The van der Waals surface area contributed by atoms with Crippen LogP contribution in [0.25, 0.3) is 0 Å². The zero-order valence-corrected chi connectivity index (χ0v) is 10.5. The number of nitrogens with one attached hydrogen (secondary N) is 1. The molecule has 0 atom stereocenters. The summed E-state index contributed by atoms with van der Waals surface area (Å²) in [5.74, 6) is 1.06. The van der Waals surface area contributed by atoms with Gasteiger partial charge in [-0.1, -0.05) is 13.0 Å². The highest BCUT2D eigenvalue weighted by molar-refractivity contribution is 5.39. The van der Waals surface area contributed by atoms with E-state index in [1.165, 1.54) is 12.0 Å². The molecule has 17 heavy (non-hydrogen) atoms. The topological polar surface area (TPSA) is 37.4 Å². The highest BCUT2D eigenvalue weighted by atomic mass is 16.5. The summed E-state index contributed by atoms with van der Waals surface area (Å²) in [4.78, 5) is 6.78. The monoisotopic (exact) mass is 235 g/mol. The van der Waals surface area contributed by atoms with Gasteiger partial charge in [0.1, 0.15) is 5.82 Å². The third-order valence-corrected chi connectivity index (χ3v) is 2.90.